The Morgan fingerprint density at radius 3 is 2.49 bits per heavy atom. The molecule has 184 valence electrons. The molecule has 3 heterocycles. The number of nitrogens with one attached hydrogen (secondary N) is 5. The van der Waals surface area contributed by atoms with Crippen LogP contribution in [-0.4, -0.2) is 17.8 Å². The van der Waals surface area contributed by atoms with Gasteiger partial charge in [-0.25, -0.2) is 13.8 Å². The maximum Gasteiger partial charge on any atom is 0.249 e. The first-order valence-corrected chi connectivity index (χ1v) is 11.3. The van der Waals surface area contributed by atoms with Gasteiger partial charge in [0.15, 0.2) is 5.82 Å². The lowest BCUT2D eigenvalue weighted by Crippen LogP contribution is -2.44. The van der Waals surface area contributed by atoms with Crippen molar-refractivity contribution in [2.75, 3.05) is 10.6 Å². The zero-order valence-electron chi connectivity index (χ0n) is 19.1. The molecule has 13 heteroatoms. The van der Waals surface area contributed by atoms with Crippen molar-refractivity contribution in [3.63, 3.8) is 0 Å². The zero-order chi connectivity index (χ0) is 26.2. The van der Waals surface area contributed by atoms with E-state index in [1.807, 2.05) is 13.9 Å². The van der Waals surface area contributed by atoms with Crippen LogP contribution in [0.15, 0.2) is 66.8 Å². The standard InChI is InChI=1S/C24H17BClF3N8/c25-24(20-11-33-37-36-20,13-1-3-14(27)4-2-13)35-15-5-17-21(34-16-7-19(28)23(29)32-10-16)12(8-30)9-31-22(17)18(26)6-15/h1-7,9-11,33,35-37H,25H2,(H,31,34). The summed E-state index contributed by atoms with van der Waals surface area (Å²) < 4.78 is 40.8. The monoisotopic (exact) mass is 520 g/mol. The lowest BCUT2D eigenvalue weighted by molar-refractivity contribution is 0.480. The molecule has 37 heavy (non-hydrogen) atoms. The Balaban J connectivity index is 1.63. The molecule has 0 spiro atoms. The van der Waals surface area contributed by atoms with Crippen molar-refractivity contribution in [3.8, 4) is 6.07 Å². The molecule has 2 aromatic heterocycles. The van der Waals surface area contributed by atoms with Gasteiger partial charge in [0.05, 0.1) is 44.8 Å². The van der Waals surface area contributed by atoms with Gasteiger partial charge in [-0.1, -0.05) is 23.7 Å². The number of anilines is 3. The maximum atomic E-state index is 13.8. The third-order valence-corrected chi connectivity index (χ3v) is 6.24. The van der Waals surface area contributed by atoms with E-state index in [4.69, 9.17) is 11.6 Å². The lowest BCUT2D eigenvalue weighted by Gasteiger charge is -2.34. The highest BCUT2D eigenvalue weighted by Gasteiger charge is 2.33. The number of fused-ring (bicyclic) bond motifs is 1. The molecule has 0 amide bonds. The number of pyridine rings is 2. The van der Waals surface area contributed by atoms with Crippen LogP contribution in [-0.2, 0) is 5.44 Å². The van der Waals surface area contributed by atoms with Crippen molar-refractivity contribution < 1.29 is 13.2 Å². The minimum absolute atomic E-state index is 0.131. The highest BCUT2D eigenvalue weighted by molar-refractivity contribution is 6.36. The van der Waals surface area contributed by atoms with Gasteiger partial charge in [0.1, 0.15) is 19.7 Å². The predicted octanol–water partition coefficient (Wildman–Crippen LogP) is 3.67. The number of hydrogen-bond acceptors (Lipinski definition) is 8. The molecule has 1 atom stereocenters. The molecule has 1 aliphatic heterocycles. The van der Waals surface area contributed by atoms with Crippen LogP contribution < -0.4 is 27.0 Å². The molecule has 0 saturated carbocycles. The smallest absolute Gasteiger partial charge is 0.249 e. The maximum absolute atomic E-state index is 13.8. The van der Waals surface area contributed by atoms with Crippen LogP contribution in [0, 0.1) is 28.9 Å². The van der Waals surface area contributed by atoms with E-state index in [0.29, 0.717) is 22.3 Å². The van der Waals surface area contributed by atoms with Gasteiger partial charge in [0, 0.05) is 29.5 Å². The number of hydrazine groups is 2. The summed E-state index contributed by atoms with van der Waals surface area (Å²) in [6.07, 6.45) is 4.17. The molecule has 0 saturated heterocycles. The Hall–Kier alpha value is -4.47. The molecule has 0 aliphatic carbocycles. The van der Waals surface area contributed by atoms with Gasteiger partial charge in [-0.2, -0.15) is 15.2 Å². The minimum Gasteiger partial charge on any atom is -0.378 e. The second-order valence-corrected chi connectivity index (χ2v) is 8.75. The number of rotatable bonds is 6. The van der Waals surface area contributed by atoms with Crippen LogP contribution in [0.4, 0.5) is 30.2 Å². The Labute approximate surface area is 214 Å². The molecular formula is C24H17BClF3N8. The molecule has 1 aliphatic rings. The summed E-state index contributed by atoms with van der Waals surface area (Å²) in [5.74, 6) is -2.75. The van der Waals surface area contributed by atoms with Crippen LogP contribution >= 0.6 is 11.6 Å². The van der Waals surface area contributed by atoms with Crippen molar-refractivity contribution in [2.45, 2.75) is 5.44 Å². The van der Waals surface area contributed by atoms with Crippen LogP contribution in [0.3, 0.4) is 0 Å². The zero-order valence-corrected chi connectivity index (χ0v) is 19.9. The molecule has 0 fully saturated rings. The van der Waals surface area contributed by atoms with Crippen LogP contribution in [0.5, 0.6) is 0 Å². The van der Waals surface area contributed by atoms with E-state index in [9.17, 15) is 18.4 Å². The summed E-state index contributed by atoms with van der Waals surface area (Å²) in [6.45, 7) is 0. The van der Waals surface area contributed by atoms with Crippen molar-refractivity contribution in [1.82, 2.24) is 26.4 Å². The fourth-order valence-corrected chi connectivity index (χ4v) is 4.34. The summed E-state index contributed by atoms with van der Waals surface area (Å²) in [7, 11) is 1.89. The summed E-state index contributed by atoms with van der Waals surface area (Å²) in [4.78, 5) is 7.70. The Morgan fingerprint density at radius 1 is 1.03 bits per heavy atom. The average molecular weight is 521 g/mol. The molecule has 5 N–H and O–H groups in total. The Morgan fingerprint density at radius 2 is 1.81 bits per heavy atom. The molecule has 0 radical (unpaired) electrons. The van der Waals surface area contributed by atoms with E-state index in [0.717, 1.165) is 17.8 Å². The van der Waals surface area contributed by atoms with E-state index in [-0.39, 0.29) is 27.8 Å². The Kier molecular flexibility index (Phi) is 6.25. The SMILES string of the molecule is BC(Nc1cc(Cl)c2ncc(C#N)c(Nc3cnc(F)c(F)c3)c2c1)(C1=CNNN1)c1ccc(F)cc1. The second-order valence-electron chi connectivity index (χ2n) is 8.34. The number of hydrogen-bond donors (Lipinski definition) is 5. The average Bonchev–Trinajstić information content (AvgIpc) is 3.43. The Bertz CT molecular complexity index is 1590. The highest BCUT2D eigenvalue weighted by Crippen LogP contribution is 2.37. The molecule has 5 rings (SSSR count). The summed E-state index contributed by atoms with van der Waals surface area (Å²) in [5, 5.41) is 16.8. The number of nitrogens with zero attached hydrogens (tertiary/aromatic N) is 3. The van der Waals surface area contributed by atoms with Crippen LogP contribution in [0.1, 0.15) is 11.1 Å². The first-order valence-electron chi connectivity index (χ1n) is 10.9. The van der Waals surface area contributed by atoms with Crippen molar-refractivity contribution >= 4 is 47.4 Å². The van der Waals surface area contributed by atoms with E-state index >= 15 is 0 Å². The number of benzene rings is 2. The van der Waals surface area contributed by atoms with Gasteiger partial charge in [-0.3, -0.25) is 4.98 Å². The fourth-order valence-electron chi connectivity index (χ4n) is 4.07. The highest BCUT2D eigenvalue weighted by atomic mass is 35.5. The largest absolute Gasteiger partial charge is 0.378 e. The third-order valence-electron chi connectivity index (χ3n) is 5.95. The third kappa shape index (κ3) is 4.58. The fraction of sp³-hybridized carbons (Fsp3) is 0.0417. The van der Waals surface area contributed by atoms with Crippen molar-refractivity contribution in [2.24, 2.45) is 0 Å². The molecule has 8 nitrogen and oxygen atoms in total. The van der Waals surface area contributed by atoms with Gasteiger partial charge >= 0.3 is 0 Å². The van der Waals surface area contributed by atoms with Gasteiger partial charge in [0.25, 0.3) is 0 Å². The second kappa shape index (κ2) is 9.53. The van der Waals surface area contributed by atoms with E-state index < -0.39 is 17.2 Å². The van der Waals surface area contributed by atoms with E-state index in [1.54, 1.807) is 30.5 Å². The van der Waals surface area contributed by atoms with Gasteiger partial charge in [-0.15, -0.1) is 0 Å². The van der Waals surface area contributed by atoms with E-state index in [2.05, 4.69) is 37.0 Å². The van der Waals surface area contributed by atoms with Gasteiger partial charge in [-0.05, 0) is 29.8 Å². The predicted molar refractivity (Wildman–Crippen MR) is 137 cm³/mol. The molecule has 1 unspecified atom stereocenters. The van der Waals surface area contributed by atoms with Crippen molar-refractivity contribution in [1.29, 1.82) is 5.26 Å². The molecular weight excluding hydrogens is 504 g/mol. The van der Waals surface area contributed by atoms with Gasteiger partial charge in [0.2, 0.25) is 5.95 Å². The van der Waals surface area contributed by atoms with Crippen LogP contribution in [0.25, 0.3) is 10.9 Å². The number of nitriles is 1. The first-order chi connectivity index (χ1) is 17.8. The summed E-state index contributed by atoms with van der Waals surface area (Å²) >= 11 is 6.59. The summed E-state index contributed by atoms with van der Waals surface area (Å²) in [5.41, 5.74) is 10.7. The van der Waals surface area contributed by atoms with E-state index in [1.165, 1.54) is 18.3 Å². The quantitative estimate of drug-likeness (QED) is 0.194. The lowest BCUT2D eigenvalue weighted by atomic mass is 9.69. The first kappa shape index (κ1) is 24.2. The molecule has 2 aromatic carbocycles. The minimum atomic E-state index is -1.24. The van der Waals surface area contributed by atoms with Crippen LogP contribution in [0.2, 0.25) is 5.02 Å². The normalized spacial score (nSPS) is 14.2. The molecule has 0 bridgehead atoms. The molecule has 4 aromatic rings. The van der Waals surface area contributed by atoms with Crippen molar-refractivity contribution in [3.05, 3.63) is 100 Å². The van der Waals surface area contributed by atoms with Gasteiger partial charge < -0.3 is 21.5 Å². The summed E-state index contributed by atoms with van der Waals surface area (Å²) in [6, 6.07) is 12.4. The number of aromatic nitrogens is 2. The topological polar surface area (TPSA) is 110 Å². The number of halogens is 4.